The van der Waals surface area contributed by atoms with Crippen LogP contribution in [0.15, 0.2) is 60.8 Å². The fraction of sp³-hybridized carbons (Fsp3) is 0.233. The number of nitrogens with two attached hydrogens (primary N) is 1. The van der Waals surface area contributed by atoms with Crippen LogP contribution in [0.3, 0.4) is 0 Å². The summed E-state index contributed by atoms with van der Waals surface area (Å²) >= 11 is 0. The van der Waals surface area contributed by atoms with E-state index in [-0.39, 0.29) is 17.8 Å². The Morgan fingerprint density at radius 3 is 2.58 bits per heavy atom. The summed E-state index contributed by atoms with van der Waals surface area (Å²) in [4.78, 5) is 20.1. The van der Waals surface area contributed by atoms with E-state index in [1.54, 1.807) is 24.2 Å². The number of halogens is 1. The zero-order valence-electron chi connectivity index (χ0n) is 21.0. The molecule has 2 N–H and O–H groups in total. The first-order valence-corrected chi connectivity index (χ1v) is 11.9. The predicted molar refractivity (Wildman–Crippen MR) is 142 cm³/mol. The van der Waals surface area contributed by atoms with Crippen LogP contribution in [0.5, 0.6) is 0 Å². The maximum atomic E-state index is 14.4. The zero-order valence-corrected chi connectivity index (χ0v) is 21.0. The molecule has 0 aliphatic rings. The van der Waals surface area contributed by atoms with Crippen molar-refractivity contribution in [3.05, 3.63) is 88.9 Å². The van der Waals surface area contributed by atoms with Gasteiger partial charge in [-0.05, 0) is 78.4 Å². The number of fused-ring (bicyclic) bond motifs is 1. The molecule has 0 bridgehead atoms. The standard InChI is InChI=1S/C30H29FN4O/c1-5-24(33)17-35(4)30(36)29-26-14-20(25-8-6-7-21(15-32)19(25)3)9-10-28(26)34-16-27(29)22-11-18(2)12-23(31)13-22/h6-14,16,24H,5,17,33H2,1-4H3. The van der Waals surface area contributed by atoms with Gasteiger partial charge in [0.05, 0.1) is 22.7 Å². The second-order valence-electron chi connectivity index (χ2n) is 9.24. The minimum absolute atomic E-state index is 0.154. The third kappa shape index (κ3) is 4.84. The lowest BCUT2D eigenvalue weighted by molar-refractivity contribution is 0.0788. The summed E-state index contributed by atoms with van der Waals surface area (Å²) in [5.41, 5.74) is 12.4. The molecule has 36 heavy (non-hydrogen) atoms. The van der Waals surface area contributed by atoms with E-state index in [4.69, 9.17) is 5.73 Å². The van der Waals surface area contributed by atoms with Crippen LogP contribution in [0.1, 0.15) is 40.4 Å². The van der Waals surface area contributed by atoms with Gasteiger partial charge in [0.25, 0.3) is 5.91 Å². The average Bonchev–Trinajstić information content (AvgIpc) is 2.86. The molecule has 0 radical (unpaired) electrons. The topological polar surface area (TPSA) is 83.0 Å². The van der Waals surface area contributed by atoms with E-state index in [1.807, 2.05) is 57.2 Å². The summed E-state index contributed by atoms with van der Waals surface area (Å²) in [7, 11) is 1.73. The number of nitriles is 1. The van der Waals surface area contributed by atoms with Crippen molar-refractivity contribution in [1.29, 1.82) is 5.26 Å². The number of nitrogens with zero attached hydrogens (tertiary/aromatic N) is 3. The van der Waals surface area contributed by atoms with Crippen molar-refractivity contribution < 1.29 is 9.18 Å². The van der Waals surface area contributed by atoms with Crippen LogP contribution < -0.4 is 5.73 Å². The molecule has 6 heteroatoms. The maximum Gasteiger partial charge on any atom is 0.255 e. The number of hydrogen-bond acceptors (Lipinski definition) is 4. The molecule has 4 rings (SSSR count). The van der Waals surface area contributed by atoms with Gasteiger partial charge in [-0.2, -0.15) is 5.26 Å². The Bertz CT molecular complexity index is 1490. The smallest absolute Gasteiger partial charge is 0.255 e. The predicted octanol–water partition coefficient (Wildman–Crippen LogP) is 6.01. The van der Waals surface area contributed by atoms with Crippen LogP contribution in [0.4, 0.5) is 4.39 Å². The number of likely N-dealkylation sites (N-methyl/N-ethyl adjacent to an activating group) is 1. The summed E-state index contributed by atoms with van der Waals surface area (Å²) in [5, 5.41) is 10.2. The number of pyridine rings is 1. The molecule has 0 aliphatic carbocycles. The van der Waals surface area contributed by atoms with Crippen molar-refractivity contribution in [3.8, 4) is 28.3 Å². The minimum atomic E-state index is -0.373. The van der Waals surface area contributed by atoms with Crippen LogP contribution in [0.2, 0.25) is 0 Å². The molecular weight excluding hydrogens is 451 g/mol. The summed E-state index contributed by atoms with van der Waals surface area (Å²) in [5.74, 6) is -0.578. The van der Waals surface area contributed by atoms with Crippen LogP contribution in [-0.4, -0.2) is 35.4 Å². The van der Waals surface area contributed by atoms with E-state index >= 15 is 0 Å². The third-order valence-corrected chi connectivity index (χ3v) is 6.58. The summed E-state index contributed by atoms with van der Waals surface area (Å²) in [6, 6.07) is 18.1. The first-order chi connectivity index (χ1) is 17.2. The zero-order chi connectivity index (χ0) is 26.0. The number of carbonyl (C=O) groups excluding carboxylic acids is 1. The van der Waals surface area contributed by atoms with E-state index in [0.29, 0.717) is 39.7 Å². The molecule has 1 amide bonds. The highest BCUT2D eigenvalue weighted by atomic mass is 19.1. The Morgan fingerprint density at radius 2 is 1.89 bits per heavy atom. The Labute approximate surface area is 211 Å². The lowest BCUT2D eigenvalue weighted by atomic mass is 9.92. The highest BCUT2D eigenvalue weighted by molar-refractivity contribution is 6.12. The highest BCUT2D eigenvalue weighted by Gasteiger charge is 2.23. The molecule has 1 unspecified atom stereocenters. The van der Waals surface area contributed by atoms with E-state index in [2.05, 4.69) is 11.1 Å². The molecular formula is C30H29FN4O. The molecule has 182 valence electrons. The van der Waals surface area contributed by atoms with Gasteiger partial charge in [-0.15, -0.1) is 0 Å². The van der Waals surface area contributed by atoms with Crippen molar-refractivity contribution in [2.45, 2.75) is 33.2 Å². The number of aryl methyl sites for hydroxylation is 1. The Morgan fingerprint density at radius 1 is 1.11 bits per heavy atom. The number of benzene rings is 3. The van der Waals surface area contributed by atoms with Crippen LogP contribution in [0, 0.1) is 31.0 Å². The molecule has 0 saturated carbocycles. The quantitative estimate of drug-likeness (QED) is 0.367. The van der Waals surface area contributed by atoms with E-state index < -0.39 is 0 Å². The van der Waals surface area contributed by atoms with Gasteiger partial charge in [0, 0.05) is 36.8 Å². The normalized spacial score (nSPS) is 11.8. The van der Waals surface area contributed by atoms with Crippen molar-refractivity contribution in [2.24, 2.45) is 5.73 Å². The lowest BCUT2D eigenvalue weighted by Gasteiger charge is -2.23. The van der Waals surface area contributed by atoms with E-state index in [0.717, 1.165) is 28.7 Å². The van der Waals surface area contributed by atoms with Gasteiger partial charge >= 0.3 is 0 Å². The Kier molecular flexibility index (Phi) is 7.14. The molecule has 1 aromatic heterocycles. The highest BCUT2D eigenvalue weighted by Crippen LogP contribution is 2.34. The second kappa shape index (κ2) is 10.3. The summed E-state index contributed by atoms with van der Waals surface area (Å²) < 4.78 is 14.4. The molecule has 4 aromatic rings. The SMILES string of the molecule is CCC(N)CN(C)C(=O)c1c(-c2cc(C)cc(F)c2)cnc2ccc(-c3cccc(C#N)c3C)cc12. The maximum absolute atomic E-state index is 14.4. The van der Waals surface area contributed by atoms with Crippen molar-refractivity contribution in [3.63, 3.8) is 0 Å². The Balaban J connectivity index is 1.99. The summed E-state index contributed by atoms with van der Waals surface area (Å²) in [6.45, 7) is 6.10. The van der Waals surface area contributed by atoms with E-state index in [9.17, 15) is 14.4 Å². The first-order valence-electron chi connectivity index (χ1n) is 11.9. The molecule has 0 fully saturated rings. The number of carbonyl (C=O) groups is 1. The fourth-order valence-corrected chi connectivity index (χ4v) is 4.53. The summed E-state index contributed by atoms with van der Waals surface area (Å²) in [6.07, 6.45) is 2.38. The molecule has 3 aromatic carbocycles. The second-order valence-corrected chi connectivity index (χ2v) is 9.24. The molecule has 0 spiro atoms. The number of amides is 1. The van der Waals surface area contributed by atoms with Gasteiger partial charge in [-0.3, -0.25) is 9.78 Å². The number of hydrogen-bond donors (Lipinski definition) is 1. The van der Waals surface area contributed by atoms with Crippen LogP contribution in [-0.2, 0) is 0 Å². The van der Waals surface area contributed by atoms with Gasteiger partial charge in [0.1, 0.15) is 5.82 Å². The Hall–Kier alpha value is -4.08. The monoisotopic (exact) mass is 480 g/mol. The van der Waals surface area contributed by atoms with Gasteiger partial charge in [-0.25, -0.2) is 4.39 Å². The van der Waals surface area contributed by atoms with Gasteiger partial charge in [0.15, 0.2) is 0 Å². The van der Waals surface area contributed by atoms with E-state index in [1.165, 1.54) is 12.1 Å². The van der Waals surface area contributed by atoms with Crippen LogP contribution in [0.25, 0.3) is 33.2 Å². The third-order valence-electron chi connectivity index (χ3n) is 6.58. The molecule has 0 aliphatic heterocycles. The number of aromatic nitrogens is 1. The number of rotatable bonds is 6. The fourth-order valence-electron chi connectivity index (χ4n) is 4.53. The lowest BCUT2D eigenvalue weighted by Crippen LogP contribution is -2.38. The van der Waals surface area contributed by atoms with Crippen molar-refractivity contribution in [2.75, 3.05) is 13.6 Å². The molecule has 1 atom stereocenters. The van der Waals surface area contributed by atoms with Gasteiger partial charge < -0.3 is 10.6 Å². The molecule has 1 heterocycles. The molecule has 5 nitrogen and oxygen atoms in total. The van der Waals surface area contributed by atoms with Crippen molar-refractivity contribution in [1.82, 2.24) is 9.88 Å². The van der Waals surface area contributed by atoms with Gasteiger partial charge in [-0.1, -0.05) is 31.2 Å². The van der Waals surface area contributed by atoms with Gasteiger partial charge in [0.2, 0.25) is 0 Å². The van der Waals surface area contributed by atoms with Crippen molar-refractivity contribution >= 4 is 16.8 Å². The average molecular weight is 481 g/mol. The largest absolute Gasteiger partial charge is 0.340 e. The molecule has 0 saturated heterocycles. The first kappa shape index (κ1) is 25.0. The minimum Gasteiger partial charge on any atom is -0.340 e. The van der Waals surface area contributed by atoms with Crippen LogP contribution >= 0.6 is 0 Å².